The van der Waals surface area contributed by atoms with Crippen LogP contribution in [0.1, 0.15) is 0 Å². The van der Waals surface area contributed by atoms with Gasteiger partial charge < -0.3 is 0 Å². The fourth-order valence-corrected chi connectivity index (χ4v) is 3.26. The predicted molar refractivity (Wildman–Crippen MR) is 55.6 cm³/mol. The third kappa shape index (κ3) is 1.40. The van der Waals surface area contributed by atoms with Crippen LogP contribution in [0.15, 0.2) is 24.3 Å². The molecule has 0 fully saturated rings. The molecule has 0 radical (unpaired) electrons. The summed E-state index contributed by atoms with van der Waals surface area (Å²) < 4.78 is 26.8. The molecule has 2 rings (SSSR count). The van der Waals surface area contributed by atoms with Gasteiger partial charge in [0.15, 0.2) is 0 Å². The quantitative estimate of drug-likeness (QED) is 0.749. The normalized spacial score (nSPS) is 23.0. The van der Waals surface area contributed by atoms with Gasteiger partial charge in [-0.05, 0) is 0 Å². The summed E-state index contributed by atoms with van der Waals surface area (Å²) in [5, 5.41) is 0. The van der Waals surface area contributed by atoms with Gasteiger partial charge >= 0.3 is 87.5 Å². The second-order valence-electron chi connectivity index (χ2n) is 2.92. The van der Waals surface area contributed by atoms with Gasteiger partial charge in [-0.1, -0.05) is 0 Å². The van der Waals surface area contributed by atoms with Crippen LogP contribution in [0.4, 0.5) is 0 Å². The molecule has 1 aliphatic rings. The Labute approximate surface area is 88.2 Å². The van der Waals surface area contributed by atoms with E-state index in [-0.39, 0.29) is 0 Å². The first kappa shape index (κ1) is 10.6. The van der Waals surface area contributed by atoms with Gasteiger partial charge in [0.2, 0.25) is 0 Å². The number of hydrogen-bond donors (Lipinski definition) is 0. The van der Waals surface area contributed by atoms with E-state index in [1.807, 2.05) is 12.1 Å². The minimum absolute atomic E-state index is 0.556. The Morgan fingerprint density at radius 3 is 1.60 bits per heavy atom. The standard InChI is InChI=1S/C9H13O5P/c1-10-15(11-2,12-3)13-8-6-4-5-7-9(8)14-15/h4-7H,1-3H3. The zero-order valence-electron chi connectivity index (χ0n) is 8.80. The number of fused-ring (bicyclic) bond motifs is 1. The average Bonchev–Trinajstić information content (AvgIpc) is 2.66. The molecule has 1 aromatic carbocycles. The fraction of sp³-hybridized carbons (Fsp3) is 0.333. The topological polar surface area (TPSA) is 46.2 Å². The van der Waals surface area contributed by atoms with Crippen molar-refractivity contribution >= 4 is 7.74 Å². The van der Waals surface area contributed by atoms with Crippen molar-refractivity contribution in [1.29, 1.82) is 0 Å². The van der Waals surface area contributed by atoms with Gasteiger partial charge in [-0.15, -0.1) is 0 Å². The molecule has 1 aromatic rings. The van der Waals surface area contributed by atoms with Crippen LogP contribution in [0.3, 0.4) is 0 Å². The molecule has 0 spiro atoms. The van der Waals surface area contributed by atoms with Crippen molar-refractivity contribution in [2.75, 3.05) is 21.3 Å². The van der Waals surface area contributed by atoms with Crippen molar-refractivity contribution in [3.63, 3.8) is 0 Å². The van der Waals surface area contributed by atoms with Crippen LogP contribution in [0.2, 0.25) is 0 Å². The van der Waals surface area contributed by atoms with E-state index in [0.717, 1.165) is 0 Å². The minimum atomic E-state index is -3.88. The van der Waals surface area contributed by atoms with Gasteiger partial charge in [0.25, 0.3) is 0 Å². The van der Waals surface area contributed by atoms with Gasteiger partial charge in [0.1, 0.15) is 0 Å². The van der Waals surface area contributed by atoms with E-state index in [9.17, 15) is 0 Å². The molecule has 0 saturated carbocycles. The Bertz CT molecular complexity index is 337. The zero-order valence-corrected chi connectivity index (χ0v) is 9.69. The summed E-state index contributed by atoms with van der Waals surface area (Å²) in [5.41, 5.74) is 0. The summed E-state index contributed by atoms with van der Waals surface area (Å²) in [6.45, 7) is 0. The first-order valence-electron chi connectivity index (χ1n) is 4.37. The molecule has 0 N–H and O–H groups in total. The molecule has 0 atom stereocenters. The van der Waals surface area contributed by atoms with Gasteiger partial charge in [-0.25, -0.2) is 0 Å². The van der Waals surface area contributed by atoms with Crippen LogP contribution in [0.25, 0.3) is 0 Å². The molecule has 6 heteroatoms. The SMILES string of the molecule is COP1(OC)(OC)Oc2ccccc2O1. The third-order valence-corrected chi connectivity index (χ3v) is 5.02. The molecule has 15 heavy (non-hydrogen) atoms. The average molecular weight is 232 g/mol. The Morgan fingerprint density at radius 1 is 0.867 bits per heavy atom. The van der Waals surface area contributed by atoms with Crippen LogP contribution in [-0.2, 0) is 13.6 Å². The first-order valence-corrected chi connectivity index (χ1v) is 6.20. The van der Waals surface area contributed by atoms with E-state index in [4.69, 9.17) is 22.6 Å². The number of rotatable bonds is 3. The fourth-order valence-electron chi connectivity index (χ4n) is 1.39. The van der Waals surface area contributed by atoms with Gasteiger partial charge in [0, 0.05) is 0 Å². The first-order chi connectivity index (χ1) is 7.17. The van der Waals surface area contributed by atoms with E-state index in [0.29, 0.717) is 11.5 Å². The summed E-state index contributed by atoms with van der Waals surface area (Å²) in [6.07, 6.45) is 0. The molecule has 1 heterocycles. The van der Waals surface area contributed by atoms with Gasteiger partial charge in [-0.2, -0.15) is 0 Å². The van der Waals surface area contributed by atoms with Gasteiger partial charge in [0.05, 0.1) is 0 Å². The Hall–Kier alpha value is -0.870. The van der Waals surface area contributed by atoms with E-state index in [1.54, 1.807) is 12.1 Å². The second kappa shape index (κ2) is 3.32. The van der Waals surface area contributed by atoms with Crippen molar-refractivity contribution < 1.29 is 22.6 Å². The Kier molecular flexibility index (Phi) is 2.35. The van der Waals surface area contributed by atoms with E-state index in [1.165, 1.54) is 21.3 Å². The van der Waals surface area contributed by atoms with Crippen LogP contribution in [0.5, 0.6) is 11.5 Å². The molecule has 0 amide bonds. The molecule has 0 bridgehead atoms. The summed E-state index contributed by atoms with van der Waals surface area (Å²) in [4.78, 5) is 0. The van der Waals surface area contributed by atoms with Crippen molar-refractivity contribution in [2.24, 2.45) is 0 Å². The maximum atomic E-state index is 5.57. The Balaban J connectivity index is 2.45. The van der Waals surface area contributed by atoms with Gasteiger partial charge in [-0.3, -0.25) is 0 Å². The number of hydrogen-bond acceptors (Lipinski definition) is 5. The van der Waals surface area contributed by atoms with Crippen molar-refractivity contribution in [3.05, 3.63) is 24.3 Å². The van der Waals surface area contributed by atoms with Crippen LogP contribution in [-0.4, -0.2) is 21.3 Å². The van der Waals surface area contributed by atoms with Crippen LogP contribution < -0.4 is 9.05 Å². The maximum absolute atomic E-state index is 5.57. The molecular formula is C9H13O5P. The molecule has 0 unspecified atom stereocenters. The zero-order chi connectivity index (χ0) is 11.0. The Morgan fingerprint density at radius 2 is 1.27 bits per heavy atom. The monoisotopic (exact) mass is 232 g/mol. The molecule has 84 valence electrons. The van der Waals surface area contributed by atoms with E-state index >= 15 is 0 Å². The van der Waals surface area contributed by atoms with Crippen molar-refractivity contribution in [3.8, 4) is 11.5 Å². The summed E-state index contributed by atoms with van der Waals surface area (Å²) in [5.74, 6) is 1.11. The second-order valence-corrected chi connectivity index (χ2v) is 5.87. The number of benzene rings is 1. The molecule has 0 saturated heterocycles. The summed E-state index contributed by atoms with van der Waals surface area (Å²) in [7, 11) is 0.400. The number of para-hydroxylation sites is 2. The summed E-state index contributed by atoms with van der Waals surface area (Å²) >= 11 is 0. The molecule has 5 nitrogen and oxygen atoms in total. The van der Waals surface area contributed by atoms with Crippen molar-refractivity contribution in [2.45, 2.75) is 0 Å². The molecule has 0 aromatic heterocycles. The molecule has 0 aliphatic carbocycles. The van der Waals surface area contributed by atoms with Crippen LogP contribution in [0, 0.1) is 0 Å². The van der Waals surface area contributed by atoms with Crippen molar-refractivity contribution in [1.82, 2.24) is 0 Å². The molecule has 1 aliphatic heterocycles. The molecular weight excluding hydrogens is 219 g/mol. The summed E-state index contributed by atoms with van der Waals surface area (Å²) in [6, 6.07) is 7.20. The van der Waals surface area contributed by atoms with E-state index in [2.05, 4.69) is 0 Å². The van der Waals surface area contributed by atoms with Crippen LogP contribution >= 0.6 is 7.74 Å². The third-order valence-electron chi connectivity index (χ3n) is 2.24. The predicted octanol–water partition coefficient (Wildman–Crippen LogP) is 2.53. The van der Waals surface area contributed by atoms with E-state index < -0.39 is 7.74 Å².